The van der Waals surface area contributed by atoms with Gasteiger partial charge in [-0.1, -0.05) is 0 Å². The number of nitrogens with one attached hydrogen (secondary N) is 2. The summed E-state index contributed by atoms with van der Waals surface area (Å²) in [6.45, 7) is 11.4. The lowest BCUT2D eigenvalue weighted by molar-refractivity contribution is -0.127. The molecule has 0 fully saturated rings. The Morgan fingerprint density at radius 3 is 1.33 bits per heavy atom. The van der Waals surface area contributed by atoms with Gasteiger partial charge in [0.1, 0.15) is 0 Å². The molecule has 2 N–H and O–H groups in total. The molecule has 0 spiro atoms. The number of carbonyl (C=O) groups is 2. The van der Waals surface area contributed by atoms with Crippen LogP contribution in [0.15, 0.2) is 10.2 Å². The van der Waals surface area contributed by atoms with E-state index in [4.69, 9.17) is 0 Å². The zero-order chi connectivity index (χ0) is 14.4. The maximum atomic E-state index is 11.7. The maximum absolute atomic E-state index is 11.7. The average molecular weight is 256 g/mol. The van der Waals surface area contributed by atoms with Crippen molar-refractivity contribution in [2.24, 2.45) is 10.2 Å². The molecular formula is C12H24N4O2. The molecule has 0 aliphatic heterocycles. The molecule has 6 nitrogen and oxygen atoms in total. The fraction of sp³-hybridized carbons (Fsp3) is 0.833. The molecule has 0 aromatic carbocycles. The molecule has 0 aromatic rings. The lowest BCUT2D eigenvalue weighted by atomic mass is 10.0. The van der Waals surface area contributed by atoms with Gasteiger partial charge in [-0.05, 0) is 41.5 Å². The average Bonchev–Trinajstić information content (AvgIpc) is 2.27. The van der Waals surface area contributed by atoms with Gasteiger partial charge in [0.2, 0.25) is 11.8 Å². The molecule has 0 unspecified atom stereocenters. The first-order valence-electron chi connectivity index (χ1n) is 6.18. The van der Waals surface area contributed by atoms with Crippen LogP contribution in [0.4, 0.5) is 0 Å². The number of azo groups is 1. The summed E-state index contributed by atoms with van der Waals surface area (Å²) in [6.07, 6.45) is 0. The normalized spacial score (nSPS) is 12.6. The van der Waals surface area contributed by atoms with Crippen molar-refractivity contribution >= 4 is 11.8 Å². The summed E-state index contributed by atoms with van der Waals surface area (Å²) in [4.78, 5) is 23.4. The Morgan fingerprint density at radius 1 is 0.833 bits per heavy atom. The van der Waals surface area contributed by atoms with Gasteiger partial charge in [0.05, 0.1) is 0 Å². The summed E-state index contributed by atoms with van der Waals surface area (Å²) in [5, 5.41) is 13.4. The lowest BCUT2D eigenvalue weighted by Gasteiger charge is -2.21. The SMILES string of the molecule is CCNC(=O)C(C)(C)N=NC(C)(C)C(=O)NCC. The quantitative estimate of drug-likeness (QED) is 0.701. The van der Waals surface area contributed by atoms with E-state index in [-0.39, 0.29) is 11.8 Å². The molecule has 0 radical (unpaired) electrons. The van der Waals surface area contributed by atoms with Crippen molar-refractivity contribution in [3.63, 3.8) is 0 Å². The highest BCUT2D eigenvalue weighted by Crippen LogP contribution is 2.16. The number of nitrogens with zero attached hydrogens (tertiary/aromatic N) is 2. The number of likely N-dealkylation sites (N-methyl/N-ethyl adjacent to an activating group) is 2. The van der Waals surface area contributed by atoms with Gasteiger partial charge in [-0.3, -0.25) is 9.59 Å². The van der Waals surface area contributed by atoms with Gasteiger partial charge in [-0.2, -0.15) is 10.2 Å². The predicted molar refractivity (Wildman–Crippen MR) is 70.4 cm³/mol. The van der Waals surface area contributed by atoms with Crippen LogP contribution in [-0.2, 0) is 9.59 Å². The third-order valence-corrected chi connectivity index (χ3v) is 2.34. The molecule has 0 aromatic heterocycles. The van der Waals surface area contributed by atoms with Gasteiger partial charge in [0, 0.05) is 13.1 Å². The minimum absolute atomic E-state index is 0.208. The Balaban J connectivity index is 4.80. The Kier molecular flexibility index (Phi) is 5.94. The topological polar surface area (TPSA) is 82.9 Å². The van der Waals surface area contributed by atoms with Crippen molar-refractivity contribution in [1.29, 1.82) is 0 Å². The predicted octanol–water partition coefficient (Wildman–Crippen LogP) is 1.27. The third kappa shape index (κ3) is 4.81. The van der Waals surface area contributed by atoms with Gasteiger partial charge in [-0.25, -0.2) is 0 Å². The molecule has 0 atom stereocenters. The molecule has 104 valence electrons. The standard InChI is InChI=1S/C12H24N4O2/c1-7-13-9(17)11(3,4)15-16-12(5,6)10(18)14-8-2/h7-8H2,1-6H3,(H,13,17)(H,14,18). The second-order valence-corrected chi connectivity index (χ2v) is 5.04. The summed E-state index contributed by atoms with van der Waals surface area (Å²) in [6, 6.07) is 0. The van der Waals surface area contributed by atoms with Crippen LogP contribution in [0.2, 0.25) is 0 Å². The Bertz CT molecular complexity index is 303. The summed E-state index contributed by atoms with van der Waals surface area (Å²) >= 11 is 0. The van der Waals surface area contributed by atoms with E-state index in [0.29, 0.717) is 13.1 Å². The number of hydrogen-bond donors (Lipinski definition) is 2. The number of hydrogen-bond acceptors (Lipinski definition) is 4. The van der Waals surface area contributed by atoms with E-state index in [1.54, 1.807) is 27.7 Å². The molecule has 0 bridgehead atoms. The van der Waals surface area contributed by atoms with Crippen LogP contribution in [0.5, 0.6) is 0 Å². The highest BCUT2D eigenvalue weighted by atomic mass is 16.2. The van der Waals surface area contributed by atoms with Gasteiger partial charge >= 0.3 is 0 Å². The van der Waals surface area contributed by atoms with Crippen LogP contribution in [0, 0.1) is 0 Å². The number of amides is 2. The van der Waals surface area contributed by atoms with Crippen LogP contribution in [0.25, 0.3) is 0 Å². The van der Waals surface area contributed by atoms with Gasteiger partial charge in [0.25, 0.3) is 0 Å². The molecule has 2 amide bonds. The third-order valence-electron chi connectivity index (χ3n) is 2.34. The molecule has 0 aliphatic rings. The van der Waals surface area contributed by atoms with Crippen molar-refractivity contribution in [1.82, 2.24) is 10.6 Å². The van der Waals surface area contributed by atoms with Crippen molar-refractivity contribution in [2.75, 3.05) is 13.1 Å². The van der Waals surface area contributed by atoms with E-state index >= 15 is 0 Å². The molecule has 6 heteroatoms. The van der Waals surface area contributed by atoms with Crippen LogP contribution in [-0.4, -0.2) is 36.0 Å². The van der Waals surface area contributed by atoms with Crippen molar-refractivity contribution in [3.05, 3.63) is 0 Å². The summed E-state index contributed by atoms with van der Waals surface area (Å²) in [5.41, 5.74) is -1.94. The van der Waals surface area contributed by atoms with E-state index < -0.39 is 11.1 Å². The van der Waals surface area contributed by atoms with Crippen molar-refractivity contribution in [3.8, 4) is 0 Å². The van der Waals surface area contributed by atoms with E-state index in [2.05, 4.69) is 20.9 Å². The van der Waals surface area contributed by atoms with E-state index in [9.17, 15) is 9.59 Å². The summed E-state index contributed by atoms with van der Waals surface area (Å²) in [5.74, 6) is -0.416. The largest absolute Gasteiger partial charge is 0.354 e. The number of carbonyl (C=O) groups excluding carboxylic acids is 2. The first-order chi connectivity index (χ1) is 8.17. The Morgan fingerprint density at radius 2 is 1.11 bits per heavy atom. The first-order valence-corrected chi connectivity index (χ1v) is 6.18. The molecule has 18 heavy (non-hydrogen) atoms. The Labute approximate surface area is 109 Å². The van der Waals surface area contributed by atoms with Crippen molar-refractivity contribution < 1.29 is 9.59 Å². The molecule has 0 saturated heterocycles. The van der Waals surface area contributed by atoms with Crippen LogP contribution >= 0.6 is 0 Å². The Hall–Kier alpha value is -1.46. The number of rotatable bonds is 6. The minimum atomic E-state index is -0.972. The van der Waals surface area contributed by atoms with Crippen LogP contribution in [0.3, 0.4) is 0 Å². The van der Waals surface area contributed by atoms with E-state index in [1.165, 1.54) is 0 Å². The monoisotopic (exact) mass is 256 g/mol. The van der Waals surface area contributed by atoms with Gasteiger partial charge < -0.3 is 10.6 Å². The highest BCUT2D eigenvalue weighted by molar-refractivity contribution is 5.86. The van der Waals surface area contributed by atoms with Crippen LogP contribution < -0.4 is 10.6 Å². The van der Waals surface area contributed by atoms with E-state index in [0.717, 1.165) is 0 Å². The molecule has 0 saturated carbocycles. The molecule has 0 rings (SSSR count). The fourth-order valence-corrected chi connectivity index (χ4v) is 1.09. The van der Waals surface area contributed by atoms with Crippen LogP contribution in [0.1, 0.15) is 41.5 Å². The summed E-state index contributed by atoms with van der Waals surface area (Å²) in [7, 11) is 0. The second kappa shape index (κ2) is 6.47. The molecular weight excluding hydrogens is 232 g/mol. The first kappa shape index (κ1) is 16.5. The fourth-order valence-electron chi connectivity index (χ4n) is 1.09. The molecule has 0 aliphatic carbocycles. The van der Waals surface area contributed by atoms with Gasteiger partial charge in [0.15, 0.2) is 11.1 Å². The zero-order valence-electron chi connectivity index (χ0n) is 12.1. The van der Waals surface area contributed by atoms with Gasteiger partial charge in [-0.15, -0.1) is 0 Å². The summed E-state index contributed by atoms with van der Waals surface area (Å²) < 4.78 is 0. The highest BCUT2D eigenvalue weighted by Gasteiger charge is 2.31. The van der Waals surface area contributed by atoms with Crippen molar-refractivity contribution in [2.45, 2.75) is 52.6 Å². The lowest BCUT2D eigenvalue weighted by Crippen LogP contribution is -2.43. The zero-order valence-corrected chi connectivity index (χ0v) is 12.1. The van der Waals surface area contributed by atoms with E-state index in [1.807, 2.05) is 13.8 Å². The smallest absolute Gasteiger partial charge is 0.249 e. The molecule has 0 heterocycles. The minimum Gasteiger partial charge on any atom is -0.354 e. The maximum Gasteiger partial charge on any atom is 0.249 e. The second-order valence-electron chi connectivity index (χ2n) is 5.04.